The van der Waals surface area contributed by atoms with Gasteiger partial charge in [-0.3, -0.25) is 4.79 Å². The Bertz CT molecular complexity index is 188. The smallest absolute Gasteiger partial charge is 0.227 e. The van der Waals surface area contributed by atoms with E-state index in [0.717, 1.165) is 25.7 Å². The fraction of sp³-hybridized carbons (Fsp3) is 0.917. The summed E-state index contributed by atoms with van der Waals surface area (Å²) in [6, 6.07) is 0.305. The van der Waals surface area contributed by atoms with Crippen molar-refractivity contribution in [3.05, 3.63) is 0 Å². The van der Waals surface area contributed by atoms with Gasteiger partial charge in [0.2, 0.25) is 5.91 Å². The topological polar surface area (TPSA) is 55.1 Å². The van der Waals surface area contributed by atoms with Crippen LogP contribution in [0.5, 0.6) is 0 Å². The molecule has 1 amide bonds. The highest BCUT2D eigenvalue weighted by Gasteiger charge is 2.30. The highest BCUT2D eigenvalue weighted by Crippen LogP contribution is 2.20. The van der Waals surface area contributed by atoms with Gasteiger partial charge in [-0.05, 0) is 26.2 Å². The Morgan fingerprint density at radius 2 is 2.00 bits per heavy atom. The van der Waals surface area contributed by atoms with E-state index in [2.05, 4.69) is 19.2 Å². The second-order valence-electron chi connectivity index (χ2n) is 4.49. The molecule has 3 heteroatoms. The molecule has 0 spiro atoms. The predicted molar refractivity (Wildman–Crippen MR) is 64.6 cm³/mol. The normalized spacial score (nSPS) is 16.9. The monoisotopic (exact) mass is 214 g/mol. The molecule has 0 heterocycles. The van der Waals surface area contributed by atoms with Gasteiger partial charge in [-0.15, -0.1) is 0 Å². The second kappa shape index (κ2) is 6.83. The summed E-state index contributed by atoms with van der Waals surface area (Å²) in [5.74, 6) is 0.104. The summed E-state index contributed by atoms with van der Waals surface area (Å²) in [6.07, 6.45) is 3.93. The molecule has 0 rings (SSSR count). The van der Waals surface area contributed by atoms with Gasteiger partial charge in [0, 0.05) is 12.6 Å². The van der Waals surface area contributed by atoms with Gasteiger partial charge in [0.1, 0.15) is 0 Å². The van der Waals surface area contributed by atoms with E-state index >= 15 is 0 Å². The average molecular weight is 214 g/mol. The van der Waals surface area contributed by atoms with Gasteiger partial charge in [0.25, 0.3) is 0 Å². The van der Waals surface area contributed by atoms with Crippen LogP contribution in [0.25, 0.3) is 0 Å². The first-order valence-electron chi connectivity index (χ1n) is 6.05. The van der Waals surface area contributed by atoms with Crippen LogP contribution in [-0.4, -0.2) is 18.5 Å². The Balaban J connectivity index is 4.31. The fourth-order valence-corrected chi connectivity index (χ4v) is 1.48. The van der Waals surface area contributed by atoms with Crippen LogP contribution in [0.3, 0.4) is 0 Å². The van der Waals surface area contributed by atoms with Crippen molar-refractivity contribution in [2.45, 2.75) is 59.4 Å². The Labute approximate surface area is 93.8 Å². The molecule has 0 aromatic rings. The van der Waals surface area contributed by atoms with Crippen molar-refractivity contribution >= 4 is 5.91 Å². The molecule has 90 valence electrons. The molecule has 0 aromatic heterocycles. The number of nitrogens with one attached hydrogen (secondary N) is 1. The molecule has 0 aliphatic heterocycles. The van der Waals surface area contributed by atoms with Gasteiger partial charge in [-0.2, -0.15) is 0 Å². The zero-order valence-electron chi connectivity index (χ0n) is 10.6. The van der Waals surface area contributed by atoms with Gasteiger partial charge < -0.3 is 11.1 Å². The minimum absolute atomic E-state index is 0.104. The van der Waals surface area contributed by atoms with E-state index in [1.165, 1.54) is 0 Å². The third-order valence-corrected chi connectivity index (χ3v) is 3.24. The highest BCUT2D eigenvalue weighted by atomic mass is 16.2. The van der Waals surface area contributed by atoms with E-state index in [0.29, 0.717) is 12.6 Å². The molecule has 0 saturated carbocycles. The van der Waals surface area contributed by atoms with E-state index in [-0.39, 0.29) is 5.91 Å². The molecule has 0 saturated heterocycles. The molecule has 3 nitrogen and oxygen atoms in total. The number of hydrogen-bond donors (Lipinski definition) is 2. The predicted octanol–water partition coefficient (Wildman–Crippen LogP) is 2.06. The first-order chi connectivity index (χ1) is 7.03. The van der Waals surface area contributed by atoms with Gasteiger partial charge in [-0.1, -0.05) is 27.2 Å². The van der Waals surface area contributed by atoms with E-state index in [4.69, 9.17) is 5.73 Å². The van der Waals surface area contributed by atoms with Crippen LogP contribution in [0.4, 0.5) is 0 Å². The molecule has 2 unspecified atom stereocenters. The number of carbonyl (C=O) groups excluding carboxylic acids is 1. The Kier molecular flexibility index (Phi) is 6.57. The lowest BCUT2D eigenvalue weighted by Gasteiger charge is -2.28. The van der Waals surface area contributed by atoms with E-state index in [1.54, 1.807) is 0 Å². The zero-order chi connectivity index (χ0) is 11.9. The van der Waals surface area contributed by atoms with Crippen LogP contribution < -0.4 is 11.1 Å². The molecule has 3 N–H and O–H groups in total. The van der Waals surface area contributed by atoms with Crippen LogP contribution >= 0.6 is 0 Å². The summed E-state index contributed by atoms with van der Waals surface area (Å²) in [5.41, 5.74) is 5.25. The summed E-state index contributed by atoms with van der Waals surface area (Å²) in [5, 5.41) is 3.09. The van der Waals surface area contributed by atoms with Gasteiger partial charge >= 0.3 is 0 Å². The zero-order valence-corrected chi connectivity index (χ0v) is 10.6. The van der Waals surface area contributed by atoms with E-state index in [9.17, 15) is 4.79 Å². The molecule has 0 fully saturated rings. The lowest BCUT2D eigenvalue weighted by Crippen LogP contribution is -2.47. The SMILES string of the molecule is CCCC(CC)NC(=O)C(C)(CC)CN. The van der Waals surface area contributed by atoms with Crippen LogP contribution in [0.2, 0.25) is 0 Å². The largest absolute Gasteiger partial charge is 0.353 e. The van der Waals surface area contributed by atoms with Crippen molar-refractivity contribution in [3.63, 3.8) is 0 Å². The molecule has 0 bridgehead atoms. The van der Waals surface area contributed by atoms with Crippen molar-refractivity contribution < 1.29 is 4.79 Å². The molecule has 0 aliphatic rings. The summed E-state index contributed by atoms with van der Waals surface area (Å²) < 4.78 is 0. The molecule has 2 atom stereocenters. The standard InChI is InChI=1S/C12H26N2O/c1-5-8-10(6-2)14-11(15)12(4,7-3)9-13/h10H,5-9,13H2,1-4H3,(H,14,15). The maximum atomic E-state index is 12.0. The number of carbonyl (C=O) groups is 1. The van der Waals surface area contributed by atoms with E-state index < -0.39 is 5.41 Å². The molecule has 0 aliphatic carbocycles. The van der Waals surface area contributed by atoms with Crippen LogP contribution in [0, 0.1) is 5.41 Å². The number of rotatable bonds is 7. The summed E-state index contributed by atoms with van der Waals surface area (Å²) >= 11 is 0. The summed E-state index contributed by atoms with van der Waals surface area (Å²) in [4.78, 5) is 12.0. The summed E-state index contributed by atoms with van der Waals surface area (Å²) in [6.45, 7) is 8.59. The van der Waals surface area contributed by atoms with Crippen molar-refractivity contribution in [3.8, 4) is 0 Å². The molecular formula is C12H26N2O. The minimum Gasteiger partial charge on any atom is -0.353 e. The van der Waals surface area contributed by atoms with Gasteiger partial charge in [-0.25, -0.2) is 0 Å². The lowest BCUT2D eigenvalue weighted by atomic mass is 9.86. The number of nitrogens with two attached hydrogens (primary N) is 1. The third kappa shape index (κ3) is 4.20. The van der Waals surface area contributed by atoms with Crippen molar-refractivity contribution in [2.24, 2.45) is 11.1 Å². The Morgan fingerprint density at radius 3 is 2.33 bits per heavy atom. The van der Waals surface area contributed by atoms with E-state index in [1.807, 2.05) is 13.8 Å². The number of hydrogen-bond acceptors (Lipinski definition) is 2. The minimum atomic E-state index is -0.402. The van der Waals surface area contributed by atoms with Crippen LogP contribution in [0.1, 0.15) is 53.4 Å². The number of amides is 1. The van der Waals surface area contributed by atoms with Crippen molar-refractivity contribution in [2.75, 3.05) is 6.54 Å². The highest BCUT2D eigenvalue weighted by molar-refractivity contribution is 5.82. The first kappa shape index (κ1) is 14.4. The average Bonchev–Trinajstić information content (AvgIpc) is 2.27. The van der Waals surface area contributed by atoms with Gasteiger partial charge in [0.15, 0.2) is 0 Å². The van der Waals surface area contributed by atoms with Crippen LogP contribution in [-0.2, 0) is 4.79 Å². The quantitative estimate of drug-likeness (QED) is 0.681. The Morgan fingerprint density at radius 1 is 1.40 bits per heavy atom. The van der Waals surface area contributed by atoms with Gasteiger partial charge in [0.05, 0.1) is 5.41 Å². The maximum absolute atomic E-state index is 12.0. The molecule has 0 aromatic carbocycles. The fourth-order valence-electron chi connectivity index (χ4n) is 1.48. The van der Waals surface area contributed by atoms with Crippen molar-refractivity contribution in [1.82, 2.24) is 5.32 Å². The first-order valence-corrected chi connectivity index (χ1v) is 6.05. The third-order valence-electron chi connectivity index (χ3n) is 3.24. The Hall–Kier alpha value is -0.570. The molecule has 15 heavy (non-hydrogen) atoms. The van der Waals surface area contributed by atoms with Crippen molar-refractivity contribution in [1.29, 1.82) is 0 Å². The summed E-state index contributed by atoms with van der Waals surface area (Å²) in [7, 11) is 0. The second-order valence-corrected chi connectivity index (χ2v) is 4.49. The molecule has 0 radical (unpaired) electrons. The maximum Gasteiger partial charge on any atom is 0.227 e. The lowest BCUT2D eigenvalue weighted by molar-refractivity contribution is -0.130. The molecular weight excluding hydrogens is 188 g/mol. The van der Waals surface area contributed by atoms with Crippen LogP contribution in [0.15, 0.2) is 0 Å².